The highest BCUT2D eigenvalue weighted by molar-refractivity contribution is 7.11. The molecule has 1 saturated heterocycles. The van der Waals surface area contributed by atoms with Crippen LogP contribution in [0.15, 0.2) is 6.20 Å². The Morgan fingerprint density at radius 3 is 3.25 bits per heavy atom. The first kappa shape index (κ1) is 8.16. The molecule has 1 aromatic rings. The van der Waals surface area contributed by atoms with Crippen molar-refractivity contribution in [3.8, 4) is 0 Å². The summed E-state index contributed by atoms with van der Waals surface area (Å²) in [6.45, 7) is 2.83. The summed E-state index contributed by atoms with van der Waals surface area (Å²) in [5, 5.41) is 4.58. The van der Waals surface area contributed by atoms with Crippen molar-refractivity contribution in [1.82, 2.24) is 10.3 Å². The number of thiazole rings is 1. The second-order valence-corrected chi connectivity index (χ2v) is 4.21. The van der Waals surface area contributed by atoms with Crippen LogP contribution in [0.4, 0.5) is 0 Å². The topological polar surface area (TPSA) is 50.9 Å². The highest BCUT2D eigenvalue weighted by Gasteiger charge is 2.19. The minimum Gasteiger partial charge on any atom is -0.326 e. The van der Waals surface area contributed by atoms with Crippen LogP contribution >= 0.6 is 11.3 Å². The Morgan fingerprint density at radius 2 is 2.67 bits per heavy atom. The van der Waals surface area contributed by atoms with E-state index in [4.69, 9.17) is 5.73 Å². The quantitative estimate of drug-likeness (QED) is 0.709. The van der Waals surface area contributed by atoms with Gasteiger partial charge in [0.25, 0.3) is 0 Å². The molecule has 3 N–H and O–H groups in total. The number of nitrogens with zero attached hydrogens (tertiary/aromatic N) is 1. The molecule has 12 heavy (non-hydrogen) atoms. The molecule has 1 aliphatic heterocycles. The maximum atomic E-state index is 5.52. The van der Waals surface area contributed by atoms with Crippen molar-refractivity contribution in [3.63, 3.8) is 0 Å². The molecule has 0 aliphatic carbocycles. The Kier molecular flexibility index (Phi) is 2.39. The Balaban J connectivity index is 2.11. The Morgan fingerprint density at radius 1 is 1.75 bits per heavy atom. The summed E-state index contributed by atoms with van der Waals surface area (Å²) in [6, 6.07) is 0. The third-order valence-electron chi connectivity index (χ3n) is 2.18. The maximum Gasteiger partial charge on any atom is 0.0972 e. The first-order valence-corrected chi connectivity index (χ1v) is 5.07. The number of aromatic nitrogens is 1. The van der Waals surface area contributed by atoms with Gasteiger partial charge in [0.15, 0.2) is 0 Å². The van der Waals surface area contributed by atoms with Crippen LogP contribution in [-0.2, 0) is 6.54 Å². The SMILES string of the molecule is NCc1cnc(C2CCNC2)s1. The fourth-order valence-corrected chi connectivity index (χ4v) is 2.40. The van der Waals surface area contributed by atoms with Gasteiger partial charge in [0.05, 0.1) is 5.01 Å². The second kappa shape index (κ2) is 3.51. The average molecular weight is 183 g/mol. The standard InChI is InChI=1S/C8H13N3S/c9-3-7-5-11-8(12-7)6-1-2-10-4-6/h5-6,10H,1-4,9H2. The lowest BCUT2D eigenvalue weighted by Crippen LogP contribution is -2.07. The first-order valence-electron chi connectivity index (χ1n) is 4.25. The molecule has 1 atom stereocenters. The number of nitrogens with one attached hydrogen (secondary N) is 1. The van der Waals surface area contributed by atoms with Crippen LogP contribution in [-0.4, -0.2) is 18.1 Å². The second-order valence-electron chi connectivity index (χ2n) is 3.06. The highest BCUT2D eigenvalue weighted by Crippen LogP contribution is 2.26. The van der Waals surface area contributed by atoms with E-state index in [0.29, 0.717) is 12.5 Å². The predicted molar refractivity (Wildman–Crippen MR) is 50.2 cm³/mol. The van der Waals surface area contributed by atoms with Crippen LogP contribution in [0.2, 0.25) is 0 Å². The normalized spacial score (nSPS) is 23.2. The molecule has 2 heterocycles. The minimum atomic E-state index is 0.623. The molecule has 0 spiro atoms. The molecule has 0 aromatic carbocycles. The zero-order valence-corrected chi connectivity index (χ0v) is 7.73. The molecule has 1 aromatic heterocycles. The molecule has 66 valence electrons. The molecule has 0 amide bonds. The van der Waals surface area contributed by atoms with E-state index in [0.717, 1.165) is 13.1 Å². The molecule has 0 bridgehead atoms. The van der Waals surface area contributed by atoms with Gasteiger partial charge in [0.2, 0.25) is 0 Å². The smallest absolute Gasteiger partial charge is 0.0972 e. The highest BCUT2D eigenvalue weighted by atomic mass is 32.1. The summed E-state index contributed by atoms with van der Waals surface area (Å²) in [5.41, 5.74) is 5.52. The van der Waals surface area contributed by atoms with Crippen LogP contribution in [0.3, 0.4) is 0 Å². The lowest BCUT2D eigenvalue weighted by atomic mass is 10.1. The molecule has 1 fully saturated rings. The number of rotatable bonds is 2. The minimum absolute atomic E-state index is 0.623. The molecule has 4 heteroatoms. The van der Waals surface area contributed by atoms with Gasteiger partial charge in [0, 0.05) is 30.1 Å². The van der Waals surface area contributed by atoms with Gasteiger partial charge in [-0.25, -0.2) is 4.98 Å². The van der Waals surface area contributed by atoms with Crippen molar-refractivity contribution in [3.05, 3.63) is 16.1 Å². The summed E-state index contributed by atoms with van der Waals surface area (Å²) in [5.74, 6) is 0.635. The summed E-state index contributed by atoms with van der Waals surface area (Å²) < 4.78 is 0. The van der Waals surface area contributed by atoms with Crippen LogP contribution in [0.5, 0.6) is 0 Å². The maximum absolute atomic E-state index is 5.52. The zero-order chi connectivity index (χ0) is 8.39. The fourth-order valence-electron chi connectivity index (χ4n) is 1.47. The Hall–Kier alpha value is -0.450. The van der Waals surface area contributed by atoms with E-state index in [9.17, 15) is 0 Å². The van der Waals surface area contributed by atoms with Gasteiger partial charge in [-0.15, -0.1) is 11.3 Å². The Bertz CT molecular complexity index is 253. The molecule has 0 saturated carbocycles. The van der Waals surface area contributed by atoms with E-state index in [1.165, 1.54) is 16.3 Å². The van der Waals surface area contributed by atoms with Crippen LogP contribution < -0.4 is 11.1 Å². The van der Waals surface area contributed by atoms with Crippen LogP contribution in [0.25, 0.3) is 0 Å². The van der Waals surface area contributed by atoms with Crippen molar-refractivity contribution >= 4 is 11.3 Å². The lowest BCUT2D eigenvalue weighted by Gasteiger charge is -2.01. The number of hydrogen-bond donors (Lipinski definition) is 2. The molecular weight excluding hydrogens is 170 g/mol. The monoisotopic (exact) mass is 183 g/mol. The number of hydrogen-bond acceptors (Lipinski definition) is 4. The summed E-state index contributed by atoms with van der Waals surface area (Å²) in [4.78, 5) is 5.56. The third-order valence-corrected chi connectivity index (χ3v) is 3.36. The van der Waals surface area contributed by atoms with Crippen molar-refractivity contribution in [2.24, 2.45) is 5.73 Å². The predicted octanol–water partition coefficient (Wildman–Crippen LogP) is 0.679. The first-order chi connectivity index (χ1) is 5.90. The largest absolute Gasteiger partial charge is 0.326 e. The van der Waals surface area contributed by atoms with E-state index in [-0.39, 0.29) is 0 Å². The van der Waals surface area contributed by atoms with Gasteiger partial charge in [-0.05, 0) is 13.0 Å². The lowest BCUT2D eigenvalue weighted by molar-refractivity contribution is 0.755. The van der Waals surface area contributed by atoms with Crippen LogP contribution in [0, 0.1) is 0 Å². The van der Waals surface area contributed by atoms with Crippen molar-refractivity contribution < 1.29 is 0 Å². The van der Waals surface area contributed by atoms with Gasteiger partial charge in [-0.1, -0.05) is 0 Å². The van der Waals surface area contributed by atoms with Gasteiger partial charge >= 0.3 is 0 Å². The molecule has 1 unspecified atom stereocenters. The van der Waals surface area contributed by atoms with E-state index >= 15 is 0 Å². The van der Waals surface area contributed by atoms with Gasteiger partial charge in [-0.2, -0.15) is 0 Å². The summed E-state index contributed by atoms with van der Waals surface area (Å²) in [6.07, 6.45) is 3.12. The van der Waals surface area contributed by atoms with Crippen molar-refractivity contribution in [2.45, 2.75) is 18.9 Å². The van der Waals surface area contributed by atoms with Gasteiger partial charge < -0.3 is 11.1 Å². The number of nitrogens with two attached hydrogens (primary N) is 1. The summed E-state index contributed by atoms with van der Waals surface area (Å²) in [7, 11) is 0. The zero-order valence-electron chi connectivity index (χ0n) is 6.92. The van der Waals surface area contributed by atoms with E-state index in [1.807, 2.05) is 6.20 Å². The fraction of sp³-hybridized carbons (Fsp3) is 0.625. The van der Waals surface area contributed by atoms with Crippen molar-refractivity contribution in [2.75, 3.05) is 13.1 Å². The van der Waals surface area contributed by atoms with Crippen molar-refractivity contribution in [1.29, 1.82) is 0 Å². The molecule has 3 nitrogen and oxygen atoms in total. The van der Waals surface area contributed by atoms with E-state index < -0.39 is 0 Å². The van der Waals surface area contributed by atoms with E-state index in [2.05, 4.69) is 10.3 Å². The van der Waals surface area contributed by atoms with Crippen LogP contribution in [0.1, 0.15) is 22.2 Å². The average Bonchev–Trinajstić information content (AvgIpc) is 2.75. The van der Waals surface area contributed by atoms with E-state index in [1.54, 1.807) is 11.3 Å². The summed E-state index contributed by atoms with van der Waals surface area (Å²) >= 11 is 1.75. The van der Waals surface area contributed by atoms with Gasteiger partial charge in [0.1, 0.15) is 0 Å². The molecule has 1 aliphatic rings. The Labute approximate surface area is 76.0 Å². The molecular formula is C8H13N3S. The van der Waals surface area contributed by atoms with Gasteiger partial charge in [-0.3, -0.25) is 0 Å². The molecule has 0 radical (unpaired) electrons. The molecule has 2 rings (SSSR count). The third kappa shape index (κ3) is 1.50.